The molecule has 4 heteroatoms. The molecular weight excluding hydrogens is 178 g/mol. The third kappa shape index (κ3) is 3.54. The molecule has 1 unspecified atom stereocenters. The first-order chi connectivity index (χ1) is 6.74. The number of nitrogens with two attached hydrogens (primary N) is 1. The van der Waals surface area contributed by atoms with Gasteiger partial charge in [0, 0.05) is 19.1 Å². The summed E-state index contributed by atoms with van der Waals surface area (Å²) in [5.74, 6) is 0. The summed E-state index contributed by atoms with van der Waals surface area (Å²) < 4.78 is 0. The van der Waals surface area contributed by atoms with Gasteiger partial charge in [-0.1, -0.05) is 0 Å². The van der Waals surface area contributed by atoms with Crippen molar-refractivity contribution in [2.45, 2.75) is 38.6 Å². The van der Waals surface area contributed by atoms with Crippen LogP contribution in [0.3, 0.4) is 0 Å². The predicted molar refractivity (Wildman–Crippen MR) is 57.1 cm³/mol. The zero-order valence-electron chi connectivity index (χ0n) is 8.96. The number of amides is 2. The van der Waals surface area contributed by atoms with Crippen molar-refractivity contribution >= 4 is 6.03 Å². The molecule has 1 atom stereocenters. The Bertz CT molecular complexity index is 178. The van der Waals surface area contributed by atoms with Crippen molar-refractivity contribution < 1.29 is 4.79 Å². The molecule has 0 aromatic heterocycles. The summed E-state index contributed by atoms with van der Waals surface area (Å²) in [5, 5.41) is 2.96. The molecular formula is C10H21N3O. The van der Waals surface area contributed by atoms with Crippen molar-refractivity contribution in [3.63, 3.8) is 0 Å². The lowest BCUT2D eigenvalue weighted by atomic mass is 10.1. The Labute approximate surface area is 85.8 Å². The van der Waals surface area contributed by atoms with E-state index < -0.39 is 0 Å². The maximum Gasteiger partial charge on any atom is 0.317 e. The molecule has 0 bridgehead atoms. The standard InChI is InChI=1S/C10H21N3O/c1-9(5-6-11)12-10(14)13-7-3-2-4-8-13/h9H,2-8,11H2,1H3,(H,12,14). The Morgan fingerprint density at radius 1 is 1.43 bits per heavy atom. The number of hydrogen-bond acceptors (Lipinski definition) is 2. The van der Waals surface area contributed by atoms with E-state index in [0.29, 0.717) is 6.54 Å². The molecule has 0 aliphatic carbocycles. The highest BCUT2D eigenvalue weighted by molar-refractivity contribution is 5.74. The summed E-state index contributed by atoms with van der Waals surface area (Å²) in [7, 11) is 0. The highest BCUT2D eigenvalue weighted by Gasteiger charge is 2.17. The second kappa shape index (κ2) is 5.86. The number of carbonyl (C=O) groups is 1. The molecule has 1 aliphatic heterocycles. The largest absolute Gasteiger partial charge is 0.335 e. The first-order valence-corrected chi connectivity index (χ1v) is 5.49. The summed E-state index contributed by atoms with van der Waals surface area (Å²) in [4.78, 5) is 13.6. The zero-order valence-corrected chi connectivity index (χ0v) is 8.96. The Hall–Kier alpha value is -0.770. The van der Waals surface area contributed by atoms with Crippen LogP contribution in [0.5, 0.6) is 0 Å². The molecule has 0 spiro atoms. The third-order valence-electron chi connectivity index (χ3n) is 2.61. The van der Waals surface area contributed by atoms with Crippen LogP contribution in [0, 0.1) is 0 Å². The number of hydrogen-bond donors (Lipinski definition) is 2. The summed E-state index contributed by atoms with van der Waals surface area (Å²) in [5.41, 5.74) is 5.42. The molecule has 82 valence electrons. The van der Waals surface area contributed by atoms with E-state index in [0.717, 1.165) is 32.4 Å². The molecule has 1 aliphatic rings. The Kier molecular flexibility index (Phi) is 4.73. The molecule has 0 aromatic carbocycles. The van der Waals surface area contributed by atoms with E-state index in [9.17, 15) is 4.79 Å². The van der Waals surface area contributed by atoms with E-state index in [1.165, 1.54) is 6.42 Å². The van der Waals surface area contributed by atoms with Crippen LogP contribution >= 0.6 is 0 Å². The number of carbonyl (C=O) groups excluding carboxylic acids is 1. The number of likely N-dealkylation sites (tertiary alicyclic amines) is 1. The van der Waals surface area contributed by atoms with E-state index in [1.807, 2.05) is 11.8 Å². The molecule has 1 fully saturated rings. The molecule has 2 amide bonds. The van der Waals surface area contributed by atoms with E-state index in [1.54, 1.807) is 0 Å². The van der Waals surface area contributed by atoms with Gasteiger partial charge >= 0.3 is 6.03 Å². The Balaban J connectivity index is 2.25. The molecule has 0 saturated carbocycles. The maximum atomic E-state index is 11.7. The number of urea groups is 1. The highest BCUT2D eigenvalue weighted by atomic mass is 16.2. The van der Waals surface area contributed by atoms with E-state index >= 15 is 0 Å². The van der Waals surface area contributed by atoms with Gasteiger partial charge in [0.25, 0.3) is 0 Å². The fourth-order valence-electron chi connectivity index (χ4n) is 1.72. The van der Waals surface area contributed by atoms with E-state index in [4.69, 9.17) is 5.73 Å². The van der Waals surface area contributed by atoms with Crippen LogP contribution in [0.25, 0.3) is 0 Å². The van der Waals surface area contributed by atoms with Gasteiger partial charge in [-0.25, -0.2) is 4.79 Å². The van der Waals surface area contributed by atoms with Crippen LogP contribution in [0.15, 0.2) is 0 Å². The van der Waals surface area contributed by atoms with Gasteiger partial charge in [-0.3, -0.25) is 0 Å². The van der Waals surface area contributed by atoms with Crippen molar-refractivity contribution in [3.8, 4) is 0 Å². The van der Waals surface area contributed by atoms with Gasteiger partial charge < -0.3 is 16.0 Å². The minimum atomic E-state index is 0.0747. The molecule has 1 saturated heterocycles. The van der Waals surface area contributed by atoms with E-state index in [2.05, 4.69) is 5.32 Å². The highest BCUT2D eigenvalue weighted by Crippen LogP contribution is 2.08. The van der Waals surface area contributed by atoms with E-state index in [-0.39, 0.29) is 12.1 Å². The molecule has 14 heavy (non-hydrogen) atoms. The first kappa shape index (κ1) is 11.3. The summed E-state index contributed by atoms with van der Waals surface area (Å²) in [6.07, 6.45) is 4.37. The average molecular weight is 199 g/mol. The van der Waals surface area contributed by atoms with Crippen LogP contribution in [0.2, 0.25) is 0 Å². The minimum Gasteiger partial charge on any atom is -0.335 e. The van der Waals surface area contributed by atoms with Gasteiger partial charge in [0.2, 0.25) is 0 Å². The number of piperidine rings is 1. The first-order valence-electron chi connectivity index (χ1n) is 5.49. The Morgan fingerprint density at radius 3 is 2.64 bits per heavy atom. The van der Waals surface area contributed by atoms with Gasteiger partial charge in [0.1, 0.15) is 0 Å². The summed E-state index contributed by atoms with van der Waals surface area (Å²) >= 11 is 0. The van der Waals surface area contributed by atoms with Gasteiger partial charge in [0.05, 0.1) is 0 Å². The maximum absolute atomic E-state index is 11.7. The summed E-state index contributed by atoms with van der Waals surface area (Å²) in [6.45, 7) is 4.43. The number of rotatable bonds is 3. The van der Waals surface area contributed by atoms with Crippen molar-refractivity contribution in [3.05, 3.63) is 0 Å². The number of nitrogens with one attached hydrogen (secondary N) is 1. The smallest absolute Gasteiger partial charge is 0.317 e. The van der Waals surface area contributed by atoms with Crippen LogP contribution in [0.4, 0.5) is 4.79 Å². The lowest BCUT2D eigenvalue weighted by Gasteiger charge is -2.28. The van der Waals surface area contributed by atoms with Crippen molar-refractivity contribution in [2.24, 2.45) is 5.73 Å². The van der Waals surface area contributed by atoms with Gasteiger partial charge in [-0.05, 0) is 39.2 Å². The van der Waals surface area contributed by atoms with Crippen LogP contribution in [-0.2, 0) is 0 Å². The molecule has 0 aromatic rings. The molecule has 4 nitrogen and oxygen atoms in total. The second-order valence-electron chi connectivity index (χ2n) is 3.98. The minimum absolute atomic E-state index is 0.0747. The third-order valence-corrected chi connectivity index (χ3v) is 2.61. The van der Waals surface area contributed by atoms with Gasteiger partial charge in [-0.15, -0.1) is 0 Å². The monoisotopic (exact) mass is 199 g/mol. The van der Waals surface area contributed by atoms with Gasteiger partial charge in [-0.2, -0.15) is 0 Å². The van der Waals surface area contributed by atoms with Gasteiger partial charge in [0.15, 0.2) is 0 Å². The normalized spacial score (nSPS) is 19.1. The molecule has 3 N–H and O–H groups in total. The Morgan fingerprint density at radius 2 is 2.07 bits per heavy atom. The lowest BCUT2D eigenvalue weighted by molar-refractivity contribution is 0.183. The quantitative estimate of drug-likeness (QED) is 0.710. The second-order valence-corrected chi connectivity index (χ2v) is 3.98. The van der Waals surface area contributed by atoms with Crippen LogP contribution in [-0.4, -0.2) is 36.6 Å². The summed E-state index contributed by atoms with van der Waals surface area (Å²) in [6, 6.07) is 0.264. The molecule has 1 rings (SSSR count). The van der Waals surface area contributed by atoms with Crippen molar-refractivity contribution in [1.82, 2.24) is 10.2 Å². The molecule has 0 radical (unpaired) electrons. The SMILES string of the molecule is CC(CCN)NC(=O)N1CCCCC1. The van der Waals surface area contributed by atoms with Crippen molar-refractivity contribution in [1.29, 1.82) is 0 Å². The lowest BCUT2D eigenvalue weighted by Crippen LogP contribution is -2.46. The fourth-order valence-corrected chi connectivity index (χ4v) is 1.72. The fraction of sp³-hybridized carbons (Fsp3) is 0.900. The van der Waals surface area contributed by atoms with Crippen molar-refractivity contribution in [2.75, 3.05) is 19.6 Å². The van der Waals surface area contributed by atoms with Crippen LogP contribution < -0.4 is 11.1 Å². The zero-order chi connectivity index (χ0) is 10.4. The average Bonchev–Trinajstić information content (AvgIpc) is 2.19. The topological polar surface area (TPSA) is 58.4 Å². The molecule has 1 heterocycles. The van der Waals surface area contributed by atoms with Crippen LogP contribution in [0.1, 0.15) is 32.6 Å². The predicted octanol–water partition coefficient (Wildman–Crippen LogP) is 0.919. The number of nitrogens with zero attached hydrogens (tertiary/aromatic N) is 1.